The molecule has 1 unspecified atom stereocenters. The van der Waals surface area contributed by atoms with Crippen molar-refractivity contribution in [3.63, 3.8) is 0 Å². The summed E-state index contributed by atoms with van der Waals surface area (Å²) < 4.78 is 72.8. The van der Waals surface area contributed by atoms with Gasteiger partial charge in [0.15, 0.2) is 11.6 Å². The maximum absolute atomic E-state index is 14.3. The second-order valence-corrected chi connectivity index (χ2v) is 13.7. The van der Waals surface area contributed by atoms with Crippen molar-refractivity contribution < 1.29 is 46.0 Å². The molecule has 0 spiro atoms. The van der Waals surface area contributed by atoms with Gasteiger partial charge in [-0.2, -0.15) is 18.7 Å². The van der Waals surface area contributed by atoms with Crippen LogP contribution in [0.3, 0.4) is 0 Å². The van der Waals surface area contributed by atoms with Gasteiger partial charge in [0.05, 0.1) is 18.0 Å². The zero-order valence-electron chi connectivity index (χ0n) is 24.6. The molecule has 2 heterocycles. The number of halogens is 5. The number of alkyl halides is 5. The van der Waals surface area contributed by atoms with E-state index < -0.39 is 66.4 Å². The minimum atomic E-state index is -4.43. The first kappa shape index (κ1) is 30.8. The number of carboxylic acids is 1. The summed E-state index contributed by atoms with van der Waals surface area (Å²) in [7, 11) is 0. The molecule has 0 bridgehead atoms. The lowest BCUT2D eigenvalue weighted by Crippen LogP contribution is -2.58. The van der Waals surface area contributed by atoms with Crippen LogP contribution < -0.4 is 10.8 Å². The first-order valence-corrected chi connectivity index (χ1v) is 15.9. The van der Waals surface area contributed by atoms with E-state index in [1.165, 1.54) is 5.06 Å². The highest BCUT2D eigenvalue weighted by Gasteiger charge is 2.68. The largest absolute Gasteiger partial charge is 0.480 e. The van der Waals surface area contributed by atoms with Crippen LogP contribution >= 0.6 is 0 Å². The number of aliphatic carboxylic acids is 1. The summed E-state index contributed by atoms with van der Waals surface area (Å²) in [5, 5.41) is 14.7. The van der Waals surface area contributed by atoms with E-state index in [1.807, 2.05) is 0 Å². The quantitative estimate of drug-likeness (QED) is 0.243. The van der Waals surface area contributed by atoms with Gasteiger partial charge in [-0.3, -0.25) is 9.59 Å². The predicted octanol–water partition coefficient (Wildman–Crippen LogP) is 6.37. The number of benzene rings is 1. The highest BCUT2D eigenvalue weighted by Crippen LogP contribution is 2.58. The van der Waals surface area contributed by atoms with Crippen LogP contribution in [0.2, 0.25) is 0 Å². The van der Waals surface area contributed by atoms with Crippen LogP contribution in [-0.2, 0) is 14.5 Å². The van der Waals surface area contributed by atoms with Crippen LogP contribution in [0.25, 0.3) is 11.1 Å². The normalized spacial score (nSPS) is 27.0. The van der Waals surface area contributed by atoms with E-state index in [1.54, 1.807) is 18.2 Å². The van der Waals surface area contributed by atoms with Crippen molar-refractivity contribution in [2.45, 2.75) is 113 Å². The third kappa shape index (κ3) is 6.17. The van der Waals surface area contributed by atoms with E-state index in [-0.39, 0.29) is 49.3 Å². The van der Waals surface area contributed by atoms with Gasteiger partial charge in [-0.25, -0.2) is 18.7 Å². The number of hydrogen-bond donors (Lipinski definition) is 3. The van der Waals surface area contributed by atoms with E-state index in [2.05, 4.69) is 10.8 Å². The number of carbonyl (C=O) groups excluding carboxylic acids is 1. The molecule has 4 aliphatic carbocycles. The lowest BCUT2D eigenvalue weighted by atomic mass is 9.78. The number of rotatable bonds is 11. The molecule has 14 heteroatoms. The maximum Gasteiger partial charge on any atom is 0.389 e. The fraction of sp³-hybridized carbons (Fsp3) is 0.710. The second kappa shape index (κ2) is 11.2. The summed E-state index contributed by atoms with van der Waals surface area (Å²) in [5.41, 5.74) is 3.79. The van der Waals surface area contributed by atoms with Gasteiger partial charge in [0.2, 0.25) is 17.7 Å². The molecule has 1 saturated heterocycles. The molecule has 4 saturated carbocycles. The third-order valence-electron chi connectivity index (χ3n) is 10.3. The molecular formula is C31H37F5N4O5. The lowest BCUT2D eigenvalue weighted by Gasteiger charge is -2.38. The number of carbonyl (C=O) groups is 2. The Kier molecular flexibility index (Phi) is 7.63. The molecule has 3 atom stereocenters. The Labute approximate surface area is 256 Å². The Bertz CT molecular complexity index is 1430. The molecule has 2 aromatic rings. The van der Waals surface area contributed by atoms with E-state index in [4.69, 9.17) is 14.3 Å². The zero-order valence-corrected chi connectivity index (χ0v) is 24.6. The molecule has 1 amide bonds. The van der Waals surface area contributed by atoms with Gasteiger partial charge in [0.1, 0.15) is 11.6 Å². The smallest absolute Gasteiger partial charge is 0.389 e. The van der Waals surface area contributed by atoms with Crippen LogP contribution in [0, 0.1) is 23.7 Å². The molecule has 0 radical (unpaired) electrons. The molecule has 1 aliphatic heterocycles. The van der Waals surface area contributed by atoms with Crippen LogP contribution in [0.4, 0.5) is 22.0 Å². The minimum Gasteiger partial charge on any atom is -0.480 e. The maximum atomic E-state index is 14.3. The number of nitrogens with one attached hydrogen (secondary N) is 2. The zero-order chi connectivity index (χ0) is 31.7. The summed E-state index contributed by atoms with van der Waals surface area (Å²) in [6, 6.07) is 2.71. The number of hydroxylamine groups is 3. The van der Waals surface area contributed by atoms with Gasteiger partial charge in [-0.05, 0) is 92.7 Å². The average Bonchev–Trinajstić information content (AvgIpc) is 3.85. The summed E-state index contributed by atoms with van der Waals surface area (Å²) >= 11 is 0. The Morgan fingerprint density at radius 1 is 1.04 bits per heavy atom. The molecule has 7 rings (SSSR count). The van der Waals surface area contributed by atoms with Crippen molar-refractivity contribution in [3.8, 4) is 0 Å². The molecule has 1 aromatic heterocycles. The summed E-state index contributed by atoms with van der Waals surface area (Å²) in [6.45, 7) is 0. The van der Waals surface area contributed by atoms with E-state index in [9.17, 15) is 36.6 Å². The summed E-state index contributed by atoms with van der Waals surface area (Å²) in [5.74, 6) is -4.47. The fourth-order valence-corrected chi connectivity index (χ4v) is 7.63. The first-order valence-electron chi connectivity index (χ1n) is 15.9. The SMILES string of the molecule is O=C(CCC(F)(F)F)NC(c1ccc2oc([C@H](C3CCC(F)(F)CC3)N3ONC(C4CC4)(C4CC4)[C@H]3C(=O)O)nc2c1)C1CC1. The summed E-state index contributed by atoms with van der Waals surface area (Å²) in [6.07, 6.45) is -1.57. The number of fused-ring (bicyclic) bond motifs is 1. The van der Waals surface area contributed by atoms with Crippen molar-refractivity contribution in [3.05, 3.63) is 29.7 Å². The average molecular weight is 641 g/mol. The van der Waals surface area contributed by atoms with Crippen LogP contribution in [-0.4, -0.2) is 50.7 Å². The van der Waals surface area contributed by atoms with E-state index >= 15 is 0 Å². The number of amides is 1. The number of oxazole rings is 1. The molecule has 246 valence electrons. The second-order valence-electron chi connectivity index (χ2n) is 13.7. The molecular weight excluding hydrogens is 603 g/mol. The molecule has 45 heavy (non-hydrogen) atoms. The molecule has 9 nitrogen and oxygen atoms in total. The predicted molar refractivity (Wildman–Crippen MR) is 148 cm³/mol. The highest BCUT2D eigenvalue weighted by molar-refractivity contribution is 5.78. The van der Waals surface area contributed by atoms with Gasteiger partial charge in [0.25, 0.3) is 0 Å². The standard InChI is InChI=1S/C31H37F5N4O5/c32-29(33)12-9-17(10-13-29)25(40-26(28(42)43)31(39-45-40,19-4-5-19)20-6-7-20)27-37-21-15-18(3-8-22(21)44-27)24(16-1-2-16)38-23(41)11-14-30(34,35)36/h3,8,15-17,19-20,24-26,39H,1-2,4-7,9-14H2,(H,38,41)(H,42,43)/t24?,25-,26+/m0/s1. The Morgan fingerprint density at radius 2 is 1.71 bits per heavy atom. The van der Waals surface area contributed by atoms with Crippen molar-refractivity contribution in [1.29, 1.82) is 0 Å². The number of aromatic nitrogens is 1. The van der Waals surface area contributed by atoms with E-state index in [0.29, 0.717) is 16.7 Å². The lowest BCUT2D eigenvalue weighted by molar-refractivity contribution is -0.225. The number of hydrogen-bond acceptors (Lipinski definition) is 7. The molecule has 1 aromatic carbocycles. The Hall–Kier alpha value is -2.84. The highest BCUT2D eigenvalue weighted by atomic mass is 19.4. The Balaban J connectivity index is 1.20. The van der Waals surface area contributed by atoms with Crippen molar-refractivity contribution >= 4 is 23.0 Å². The van der Waals surface area contributed by atoms with E-state index in [0.717, 1.165) is 38.5 Å². The topological polar surface area (TPSA) is 117 Å². The van der Waals surface area contributed by atoms with Crippen molar-refractivity contribution in [2.75, 3.05) is 0 Å². The van der Waals surface area contributed by atoms with Gasteiger partial charge < -0.3 is 14.8 Å². The monoisotopic (exact) mass is 640 g/mol. The van der Waals surface area contributed by atoms with Crippen molar-refractivity contribution in [1.82, 2.24) is 20.8 Å². The van der Waals surface area contributed by atoms with Gasteiger partial charge in [0, 0.05) is 19.3 Å². The van der Waals surface area contributed by atoms with Gasteiger partial charge in [-0.1, -0.05) is 6.07 Å². The van der Waals surface area contributed by atoms with Crippen LogP contribution in [0.1, 0.15) is 101 Å². The number of carboxylic acid groups (broad SMARTS) is 1. The Morgan fingerprint density at radius 3 is 2.29 bits per heavy atom. The van der Waals surface area contributed by atoms with Gasteiger partial charge >= 0.3 is 12.1 Å². The number of nitrogens with zero attached hydrogens (tertiary/aromatic N) is 2. The molecule has 5 fully saturated rings. The van der Waals surface area contributed by atoms with Crippen LogP contribution in [0.15, 0.2) is 22.6 Å². The van der Waals surface area contributed by atoms with Crippen LogP contribution in [0.5, 0.6) is 0 Å². The first-order chi connectivity index (χ1) is 21.3. The van der Waals surface area contributed by atoms with Crippen molar-refractivity contribution in [2.24, 2.45) is 23.7 Å². The fourth-order valence-electron chi connectivity index (χ4n) is 7.63. The molecule has 5 aliphatic rings. The molecule has 3 N–H and O–H groups in total. The summed E-state index contributed by atoms with van der Waals surface area (Å²) in [4.78, 5) is 36.1. The van der Waals surface area contributed by atoms with Gasteiger partial charge in [-0.15, -0.1) is 5.06 Å². The minimum absolute atomic E-state index is 0.0821. The third-order valence-corrected chi connectivity index (χ3v) is 10.3.